The van der Waals surface area contributed by atoms with Crippen LogP contribution in [0.2, 0.25) is 0 Å². The number of nitrogens with zero attached hydrogens (tertiary/aromatic N) is 2. The van der Waals surface area contributed by atoms with Crippen molar-refractivity contribution in [2.75, 3.05) is 10.6 Å². The summed E-state index contributed by atoms with van der Waals surface area (Å²) < 4.78 is 0.990. The van der Waals surface area contributed by atoms with E-state index < -0.39 is 0 Å². The molecule has 1 amide bonds. The topological polar surface area (TPSA) is 77.8 Å². The Morgan fingerprint density at radius 1 is 1.04 bits per heavy atom. The Morgan fingerprint density at radius 2 is 1.80 bits per heavy atom. The van der Waals surface area contributed by atoms with Crippen LogP contribution in [0.1, 0.15) is 16.1 Å². The first-order chi connectivity index (χ1) is 12.2. The summed E-state index contributed by atoms with van der Waals surface area (Å²) in [5.74, 6) is -0.373. The largest absolute Gasteiger partial charge is 0.355 e. The van der Waals surface area contributed by atoms with Gasteiger partial charge in [-0.05, 0) is 48.5 Å². The standard InChI is InChI=1S/C19H13BrN4O/c20-14-5-7-15(8-6-14)23-16-9-10-22-18(11-16)19(25)24-17-4-2-1-3-13(17)12-21/h1-11H,(H,22,23)(H,24,25). The lowest BCUT2D eigenvalue weighted by atomic mass is 10.2. The molecule has 0 fully saturated rings. The highest BCUT2D eigenvalue weighted by Crippen LogP contribution is 2.20. The molecule has 6 heteroatoms. The summed E-state index contributed by atoms with van der Waals surface area (Å²) >= 11 is 3.39. The minimum atomic E-state index is -0.373. The van der Waals surface area contributed by atoms with Crippen LogP contribution in [0, 0.1) is 11.3 Å². The first kappa shape index (κ1) is 16.7. The Hall–Kier alpha value is -3.17. The number of pyridine rings is 1. The zero-order valence-electron chi connectivity index (χ0n) is 13.0. The number of carbonyl (C=O) groups excluding carboxylic acids is 1. The molecule has 0 radical (unpaired) electrons. The zero-order valence-corrected chi connectivity index (χ0v) is 14.6. The number of nitrogens with one attached hydrogen (secondary N) is 2. The molecule has 1 heterocycles. The molecule has 5 nitrogen and oxygen atoms in total. The molecule has 25 heavy (non-hydrogen) atoms. The number of aromatic nitrogens is 1. The van der Waals surface area contributed by atoms with Crippen LogP contribution in [0.15, 0.2) is 71.3 Å². The Morgan fingerprint density at radius 3 is 2.56 bits per heavy atom. The maximum Gasteiger partial charge on any atom is 0.274 e. The fraction of sp³-hybridized carbons (Fsp3) is 0. The van der Waals surface area contributed by atoms with Crippen molar-refractivity contribution in [3.63, 3.8) is 0 Å². The summed E-state index contributed by atoms with van der Waals surface area (Å²) in [5, 5.41) is 15.0. The molecule has 122 valence electrons. The maximum absolute atomic E-state index is 12.4. The quantitative estimate of drug-likeness (QED) is 0.673. The van der Waals surface area contributed by atoms with Crippen LogP contribution < -0.4 is 10.6 Å². The van der Waals surface area contributed by atoms with Crippen LogP contribution in [0.25, 0.3) is 0 Å². The number of carbonyl (C=O) groups is 1. The van der Waals surface area contributed by atoms with Gasteiger partial charge < -0.3 is 10.6 Å². The molecular formula is C19H13BrN4O. The molecule has 2 aromatic carbocycles. The molecule has 0 bridgehead atoms. The smallest absolute Gasteiger partial charge is 0.274 e. The molecule has 2 N–H and O–H groups in total. The highest BCUT2D eigenvalue weighted by Gasteiger charge is 2.11. The van der Waals surface area contributed by atoms with Gasteiger partial charge in [0.1, 0.15) is 11.8 Å². The predicted octanol–water partition coefficient (Wildman–Crippen LogP) is 4.71. The average Bonchev–Trinajstić information content (AvgIpc) is 2.64. The first-order valence-corrected chi connectivity index (χ1v) is 8.24. The van der Waals surface area contributed by atoms with Crippen molar-refractivity contribution in [1.82, 2.24) is 4.98 Å². The van der Waals surface area contributed by atoms with Crippen molar-refractivity contribution < 1.29 is 4.79 Å². The fourth-order valence-corrected chi connectivity index (χ4v) is 2.47. The summed E-state index contributed by atoms with van der Waals surface area (Å²) in [6.07, 6.45) is 1.56. The Labute approximate surface area is 153 Å². The molecule has 0 spiro atoms. The number of rotatable bonds is 4. The third kappa shape index (κ3) is 4.22. The van der Waals surface area contributed by atoms with E-state index >= 15 is 0 Å². The van der Waals surface area contributed by atoms with Gasteiger partial charge in [-0.25, -0.2) is 0 Å². The summed E-state index contributed by atoms with van der Waals surface area (Å²) in [7, 11) is 0. The van der Waals surface area contributed by atoms with Gasteiger partial charge in [0, 0.05) is 22.0 Å². The number of benzene rings is 2. The number of para-hydroxylation sites is 1. The van der Waals surface area contributed by atoms with E-state index in [4.69, 9.17) is 5.26 Å². The Bertz CT molecular complexity index is 948. The summed E-state index contributed by atoms with van der Waals surface area (Å²) in [4.78, 5) is 16.5. The number of nitriles is 1. The fourth-order valence-electron chi connectivity index (χ4n) is 2.21. The number of hydrogen-bond donors (Lipinski definition) is 2. The second kappa shape index (κ2) is 7.60. The molecule has 0 saturated heterocycles. The van der Waals surface area contributed by atoms with Crippen LogP contribution in [0.4, 0.5) is 17.1 Å². The van der Waals surface area contributed by atoms with Crippen molar-refractivity contribution >= 4 is 38.9 Å². The van der Waals surface area contributed by atoms with Crippen LogP contribution in [0.3, 0.4) is 0 Å². The van der Waals surface area contributed by atoms with Crippen LogP contribution >= 0.6 is 15.9 Å². The molecule has 3 aromatic rings. The second-order valence-corrected chi connectivity index (χ2v) is 6.09. The van der Waals surface area contributed by atoms with Crippen molar-refractivity contribution in [1.29, 1.82) is 5.26 Å². The molecule has 0 aliphatic carbocycles. The first-order valence-electron chi connectivity index (χ1n) is 7.45. The Balaban J connectivity index is 1.77. The van der Waals surface area contributed by atoms with Gasteiger partial charge in [-0.2, -0.15) is 5.26 Å². The highest BCUT2D eigenvalue weighted by molar-refractivity contribution is 9.10. The zero-order chi connectivity index (χ0) is 17.6. The molecule has 0 atom stereocenters. The lowest BCUT2D eigenvalue weighted by Crippen LogP contribution is -2.14. The van der Waals surface area contributed by atoms with Gasteiger partial charge >= 0.3 is 0 Å². The molecule has 0 aliphatic heterocycles. The number of anilines is 3. The number of amides is 1. The molecule has 3 rings (SSSR count). The van der Waals surface area contributed by atoms with E-state index in [1.807, 2.05) is 30.3 Å². The van der Waals surface area contributed by atoms with Crippen molar-refractivity contribution in [3.05, 3.63) is 82.6 Å². The number of hydrogen-bond acceptors (Lipinski definition) is 4. The van der Waals surface area contributed by atoms with E-state index in [9.17, 15) is 4.79 Å². The molecule has 0 aliphatic rings. The third-order valence-electron chi connectivity index (χ3n) is 3.42. The summed E-state index contributed by atoms with van der Waals surface area (Å²) in [5.41, 5.74) is 2.77. The second-order valence-electron chi connectivity index (χ2n) is 5.17. The van der Waals surface area contributed by atoms with E-state index in [-0.39, 0.29) is 11.6 Å². The van der Waals surface area contributed by atoms with Gasteiger partial charge in [0.2, 0.25) is 0 Å². The van der Waals surface area contributed by atoms with Gasteiger partial charge in [-0.3, -0.25) is 9.78 Å². The molecular weight excluding hydrogens is 380 g/mol. The van der Waals surface area contributed by atoms with E-state index in [0.717, 1.165) is 15.8 Å². The van der Waals surface area contributed by atoms with Gasteiger partial charge in [0.25, 0.3) is 5.91 Å². The SMILES string of the molecule is N#Cc1ccccc1NC(=O)c1cc(Nc2ccc(Br)cc2)ccn1. The van der Waals surface area contributed by atoms with Crippen molar-refractivity contribution in [2.45, 2.75) is 0 Å². The van der Waals surface area contributed by atoms with Crippen molar-refractivity contribution in [2.24, 2.45) is 0 Å². The van der Waals surface area contributed by atoms with Crippen LogP contribution in [0.5, 0.6) is 0 Å². The maximum atomic E-state index is 12.4. The lowest BCUT2D eigenvalue weighted by Gasteiger charge is -2.09. The van der Waals surface area contributed by atoms with E-state index in [1.54, 1.807) is 42.6 Å². The predicted molar refractivity (Wildman–Crippen MR) is 101 cm³/mol. The van der Waals surface area contributed by atoms with Gasteiger partial charge in [0.15, 0.2) is 0 Å². The Kier molecular flexibility index (Phi) is 5.07. The van der Waals surface area contributed by atoms with Gasteiger partial charge in [-0.1, -0.05) is 28.1 Å². The molecule has 1 aromatic heterocycles. The molecule has 0 unspecified atom stereocenters. The third-order valence-corrected chi connectivity index (χ3v) is 3.95. The normalized spacial score (nSPS) is 9.92. The van der Waals surface area contributed by atoms with Gasteiger partial charge in [0.05, 0.1) is 11.3 Å². The van der Waals surface area contributed by atoms with E-state index in [0.29, 0.717) is 11.3 Å². The monoisotopic (exact) mass is 392 g/mol. The summed E-state index contributed by atoms with van der Waals surface area (Å²) in [6.45, 7) is 0. The van der Waals surface area contributed by atoms with Crippen molar-refractivity contribution in [3.8, 4) is 6.07 Å². The van der Waals surface area contributed by atoms with E-state index in [1.165, 1.54) is 0 Å². The highest BCUT2D eigenvalue weighted by atomic mass is 79.9. The summed E-state index contributed by atoms with van der Waals surface area (Å²) in [6, 6.07) is 20.0. The van der Waals surface area contributed by atoms with Crippen LogP contribution in [-0.4, -0.2) is 10.9 Å². The average molecular weight is 393 g/mol. The lowest BCUT2D eigenvalue weighted by molar-refractivity contribution is 0.102. The minimum Gasteiger partial charge on any atom is -0.355 e. The minimum absolute atomic E-state index is 0.259. The van der Waals surface area contributed by atoms with Crippen LogP contribution in [-0.2, 0) is 0 Å². The van der Waals surface area contributed by atoms with Gasteiger partial charge in [-0.15, -0.1) is 0 Å². The van der Waals surface area contributed by atoms with E-state index in [2.05, 4.69) is 31.5 Å². The number of halogens is 1. The molecule has 0 saturated carbocycles.